The summed E-state index contributed by atoms with van der Waals surface area (Å²) in [6.45, 7) is 0. The first-order valence-corrected chi connectivity index (χ1v) is 7.34. The second-order valence-corrected chi connectivity index (χ2v) is 5.36. The predicted molar refractivity (Wildman–Crippen MR) is 90.1 cm³/mol. The van der Waals surface area contributed by atoms with E-state index >= 15 is 0 Å². The van der Waals surface area contributed by atoms with Crippen LogP contribution in [-0.2, 0) is 7.05 Å². The van der Waals surface area contributed by atoms with Crippen molar-refractivity contribution in [3.05, 3.63) is 77.2 Å². The highest BCUT2D eigenvalue weighted by atomic mass is 16.3. The maximum atomic E-state index is 13.1. The Morgan fingerprint density at radius 2 is 1.74 bits per heavy atom. The van der Waals surface area contributed by atoms with Gasteiger partial charge in [0, 0.05) is 25.0 Å². The molecule has 0 saturated carbocycles. The van der Waals surface area contributed by atoms with Crippen molar-refractivity contribution >= 4 is 11.0 Å². The van der Waals surface area contributed by atoms with E-state index in [1.54, 1.807) is 12.3 Å². The number of benzene rings is 2. The van der Waals surface area contributed by atoms with Gasteiger partial charge in [-0.3, -0.25) is 4.79 Å². The first kappa shape index (κ1) is 13.5. The van der Waals surface area contributed by atoms with Crippen LogP contribution in [0.4, 0.5) is 0 Å². The van der Waals surface area contributed by atoms with Crippen LogP contribution >= 0.6 is 0 Å². The number of imidazole rings is 1. The smallest absolute Gasteiger partial charge is 0.204 e. The van der Waals surface area contributed by atoms with E-state index in [1.165, 1.54) is 0 Å². The molecule has 4 heteroatoms. The quantitative estimate of drug-likeness (QED) is 0.565. The van der Waals surface area contributed by atoms with Crippen LogP contribution in [0.1, 0.15) is 0 Å². The summed E-state index contributed by atoms with van der Waals surface area (Å²) in [5.41, 5.74) is 1.85. The lowest BCUT2D eigenvalue weighted by Gasteiger charge is -2.10. The first-order valence-electron chi connectivity index (χ1n) is 7.34. The van der Waals surface area contributed by atoms with Crippen molar-refractivity contribution in [1.29, 1.82) is 0 Å². The molecule has 2 heterocycles. The molecule has 4 rings (SSSR count). The molecular formula is C19H14N2O2. The molecular weight excluding hydrogens is 288 g/mol. The summed E-state index contributed by atoms with van der Waals surface area (Å²) in [5, 5.41) is 0.560. The van der Waals surface area contributed by atoms with Crippen LogP contribution in [0.15, 0.2) is 76.2 Å². The monoisotopic (exact) mass is 302 g/mol. The number of nitrogens with zero attached hydrogens (tertiary/aromatic N) is 2. The molecule has 0 N–H and O–H groups in total. The van der Waals surface area contributed by atoms with Gasteiger partial charge in [-0.15, -0.1) is 0 Å². The van der Waals surface area contributed by atoms with Crippen LogP contribution in [0.25, 0.3) is 33.7 Å². The zero-order chi connectivity index (χ0) is 15.8. The van der Waals surface area contributed by atoms with E-state index in [9.17, 15) is 4.79 Å². The Balaban J connectivity index is 2.16. The van der Waals surface area contributed by atoms with Crippen molar-refractivity contribution in [2.24, 2.45) is 7.05 Å². The Morgan fingerprint density at radius 1 is 1.00 bits per heavy atom. The molecule has 0 atom stereocenters. The van der Waals surface area contributed by atoms with Gasteiger partial charge in [0.2, 0.25) is 5.43 Å². The molecule has 0 fully saturated rings. The molecule has 0 aliphatic heterocycles. The van der Waals surface area contributed by atoms with Crippen LogP contribution < -0.4 is 5.43 Å². The van der Waals surface area contributed by atoms with Crippen LogP contribution in [0.2, 0.25) is 0 Å². The molecule has 0 aliphatic carbocycles. The van der Waals surface area contributed by atoms with Gasteiger partial charge in [-0.1, -0.05) is 42.5 Å². The summed E-state index contributed by atoms with van der Waals surface area (Å²) in [7, 11) is 1.87. The molecule has 4 aromatic rings. The fraction of sp³-hybridized carbons (Fsp3) is 0.0526. The van der Waals surface area contributed by atoms with Crippen LogP contribution in [0.5, 0.6) is 0 Å². The number of hydrogen-bond acceptors (Lipinski definition) is 3. The number of rotatable bonds is 2. The van der Waals surface area contributed by atoms with Gasteiger partial charge in [0.05, 0.1) is 5.39 Å². The minimum atomic E-state index is -0.0694. The summed E-state index contributed by atoms with van der Waals surface area (Å²) < 4.78 is 7.91. The Bertz CT molecular complexity index is 1050. The topological polar surface area (TPSA) is 48.0 Å². The normalized spacial score (nSPS) is 11.0. The van der Waals surface area contributed by atoms with Gasteiger partial charge in [-0.2, -0.15) is 0 Å². The maximum absolute atomic E-state index is 13.1. The third-order valence-corrected chi connectivity index (χ3v) is 3.88. The molecule has 0 radical (unpaired) electrons. The van der Waals surface area contributed by atoms with Gasteiger partial charge in [0.15, 0.2) is 0 Å². The average Bonchev–Trinajstić information content (AvgIpc) is 3.01. The number of para-hydroxylation sites is 1. The van der Waals surface area contributed by atoms with E-state index in [4.69, 9.17) is 4.42 Å². The van der Waals surface area contributed by atoms with Gasteiger partial charge in [0.25, 0.3) is 0 Å². The number of aryl methyl sites for hydroxylation is 1. The van der Waals surface area contributed by atoms with Crippen molar-refractivity contribution in [1.82, 2.24) is 9.55 Å². The maximum Gasteiger partial charge on any atom is 0.204 e. The number of fused-ring (bicyclic) bond motifs is 1. The fourth-order valence-corrected chi connectivity index (χ4v) is 2.74. The highest BCUT2D eigenvalue weighted by Gasteiger charge is 2.20. The molecule has 0 bridgehead atoms. The van der Waals surface area contributed by atoms with Gasteiger partial charge in [-0.25, -0.2) is 4.98 Å². The summed E-state index contributed by atoms with van der Waals surface area (Å²) in [4.78, 5) is 17.4. The van der Waals surface area contributed by atoms with Crippen LogP contribution in [0.3, 0.4) is 0 Å². The van der Waals surface area contributed by atoms with Crippen molar-refractivity contribution < 1.29 is 4.42 Å². The van der Waals surface area contributed by atoms with Crippen molar-refractivity contribution in [3.63, 3.8) is 0 Å². The van der Waals surface area contributed by atoms with E-state index < -0.39 is 0 Å². The Labute approximate surface area is 132 Å². The third kappa shape index (κ3) is 2.16. The van der Waals surface area contributed by atoms with Crippen molar-refractivity contribution in [3.8, 4) is 22.7 Å². The van der Waals surface area contributed by atoms with Crippen molar-refractivity contribution in [2.45, 2.75) is 0 Å². The number of aromatic nitrogens is 2. The van der Waals surface area contributed by atoms with E-state index in [2.05, 4.69) is 4.98 Å². The van der Waals surface area contributed by atoms with Gasteiger partial charge in [0.1, 0.15) is 22.7 Å². The van der Waals surface area contributed by atoms with E-state index in [-0.39, 0.29) is 5.43 Å². The Morgan fingerprint density at radius 3 is 2.48 bits per heavy atom. The fourth-order valence-electron chi connectivity index (χ4n) is 2.74. The second kappa shape index (κ2) is 5.25. The largest absolute Gasteiger partial charge is 0.455 e. The molecule has 2 aromatic heterocycles. The minimum Gasteiger partial charge on any atom is -0.455 e. The number of hydrogen-bond donors (Lipinski definition) is 0. The third-order valence-electron chi connectivity index (χ3n) is 3.88. The molecule has 4 nitrogen and oxygen atoms in total. The molecule has 2 aromatic carbocycles. The molecule has 23 heavy (non-hydrogen) atoms. The summed E-state index contributed by atoms with van der Waals surface area (Å²) in [6.07, 6.45) is 3.50. The predicted octanol–water partition coefficient (Wildman–Crippen LogP) is 3.86. The summed E-state index contributed by atoms with van der Waals surface area (Å²) >= 11 is 0. The first-order chi connectivity index (χ1) is 11.3. The van der Waals surface area contributed by atoms with E-state index in [0.717, 1.165) is 5.56 Å². The lowest BCUT2D eigenvalue weighted by molar-refractivity contribution is 0.619. The van der Waals surface area contributed by atoms with Crippen LogP contribution in [0, 0.1) is 0 Å². The van der Waals surface area contributed by atoms with Crippen LogP contribution in [-0.4, -0.2) is 9.55 Å². The zero-order valence-corrected chi connectivity index (χ0v) is 12.6. The lowest BCUT2D eigenvalue weighted by atomic mass is 10.0. The SMILES string of the molecule is Cn1ccnc1-c1c(-c2ccccc2)oc2ccccc2c1=O. The molecule has 0 aliphatic rings. The molecule has 0 saturated heterocycles. The lowest BCUT2D eigenvalue weighted by Crippen LogP contribution is -2.10. The van der Waals surface area contributed by atoms with Gasteiger partial charge in [-0.05, 0) is 12.1 Å². The standard InChI is InChI=1S/C19H14N2O2/c1-21-12-11-20-19(21)16-17(22)14-9-5-6-10-15(14)23-18(16)13-7-3-2-4-8-13/h2-12H,1H3. The Hall–Kier alpha value is -3.14. The second-order valence-electron chi connectivity index (χ2n) is 5.36. The molecule has 0 spiro atoms. The van der Waals surface area contributed by atoms with E-state index in [0.29, 0.717) is 28.1 Å². The molecule has 112 valence electrons. The summed E-state index contributed by atoms with van der Waals surface area (Å²) in [6, 6.07) is 16.9. The van der Waals surface area contributed by atoms with Gasteiger partial charge >= 0.3 is 0 Å². The van der Waals surface area contributed by atoms with Crippen molar-refractivity contribution in [2.75, 3.05) is 0 Å². The minimum absolute atomic E-state index is 0.0694. The summed E-state index contributed by atoms with van der Waals surface area (Å²) in [5.74, 6) is 1.15. The zero-order valence-electron chi connectivity index (χ0n) is 12.6. The van der Waals surface area contributed by atoms with Gasteiger partial charge < -0.3 is 8.98 Å². The molecule has 0 amide bonds. The Kier molecular flexibility index (Phi) is 3.08. The highest BCUT2D eigenvalue weighted by Crippen LogP contribution is 2.31. The van der Waals surface area contributed by atoms with E-state index in [1.807, 2.05) is 66.3 Å². The molecule has 0 unspecified atom stereocenters. The highest BCUT2D eigenvalue weighted by molar-refractivity contribution is 5.87. The average molecular weight is 302 g/mol.